The Hall–Kier alpha value is -0.820. The van der Waals surface area contributed by atoms with Crippen LogP contribution in [0.5, 0.6) is 0 Å². The van der Waals surface area contributed by atoms with Crippen LogP contribution >= 0.6 is 0 Å². The zero-order valence-corrected chi connectivity index (χ0v) is 11.4. The van der Waals surface area contributed by atoms with Gasteiger partial charge in [0.15, 0.2) is 0 Å². The maximum atomic E-state index is 3.63. The molecule has 1 heteroatoms. The van der Waals surface area contributed by atoms with Crippen LogP contribution in [0.4, 0.5) is 0 Å². The Morgan fingerprint density at radius 1 is 1.06 bits per heavy atom. The number of aryl methyl sites for hydroxylation is 1. The summed E-state index contributed by atoms with van der Waals surface area (Å²) >= 11 is 0. The van der Waals surface area contributed by atoms with Crippen molar-refractivity contribution >= 4 is 0 Å². The van der Waals surface area contributed by atoms with Crippen molar-refractivity contribution < 1.29 is 0 Å². The molecule has 1 N–H and O–H groups in total. The van der Waals surface area contributed by atoms with Crippen molar-refractivity contribution in [2.45, 2.75) is 52.0 Å². The number of nitrogens with one attached hydrogen (secondary N) is 1. The molecule has 1 aromatic carbocycles. The van der Waals surface area contributed by atoms with Gasteiger partial charge in [0, 0.05) is 6.04 Å². The molecule has 2 saturated heterocycles. The van der Waals surface area contributed by atoms with Gasteiger partial charge in [0.1, 0.15) is 0 Å². The van der Waals surface area contributed by atoms with E-state index in [0.717, 1.165) is 17.9 Å². The van der Waals surface area contributed by atoms with Gasteiger partial charge in [-0.15, -0.1) is 0 Å². The molecule has 0 radical (unpaired) electrons. The van der Waals surface area contributed by atoms with Crippen molar-refractivity contribution in [2.24, 2.45) is 5.92 Å². The Bertz CT molecular complexity index is 333. The lowest BCUT2D eigenvalue weighted by molar-refractivity contribution is 0.180. The molecule has 4 rings (SSSR count). The summed E-state index contributed by atoms with van der Waals surface area (Å²) in [7, 11) is 0. The van der Waals surface area contributed by atoms with Gasteiger partial charge in [0.05, 0.1) is 0 Å². The highest BCUT2D eigenvalue weighted by Crippen LogP contribution is 2.40. The Morgan fingerprint density at radius 3 is 2.24 bits per heavy atom. The number of fused-ring (bicyclic) bond motifs is 3. The summed E-state index contributed by atoms with van der Waals surface area (Å²) in [5, 5.41) is 3.63. The molecular weight excluding hydrogens is 206 g/mol. The predicted octanol–water partition coefficient (Wildman–Crippen LogP) is 3.88. The third-order valence-corrected chi connectivity index (χ3v) is 4.17. The van der Waals surface area contributed by atoms with Crippen LogP contribution in [0.1, 0.15) is 50.2 Å². The fourth-order valence-electron chi connectivity index (χ4n) is 3.20. The molecule has 1 aliphatic carbocycles. The van der Waals surface area contributed by atoms with E-state index in [0.29, 0.717) is 0 Å². The molecule has 3 fully saturated rings. The van der Waals surface area contributed by atoms with E-state index in [1.54, 1.807) is 5.56 Å². The lowest BCUT2D eigenvalue weighted by Crippen LogP contribution is -2.48. The maximum absolute atomic E-state index is 3.63. The van der Waals surface area contributed by atoms with Crippen molar-refractivity contribution in [3.8, 4) is 0 Å². The Morgan fingerprint density at radius 2 is 1.76 bits per heavy atom. The molecule has 2 bridgehead atoms. The number of piperidine rings is 2. The molecule has 0 spiro atoms. The number of benzene rings is 1. The SMILES string of the molecule is CC.Cc1ccc(C2CC3CCC2CN3)cc1. The van der Waals surface area contributed by atoms with Crippen LogP contribution in [0.3, 0.4) is 0 Å². The zero-order valence-electron chi connectivity index (χ0n) is 11.4. The lowest BCUT2D eigenvalue weighted by Gasteiger charge is -2.43. The number of hydrogen-bond acceptors (Lipinski definition) is 1. The second-order valence-electron chi connectivity index (χ2n) is 5.20. The molecular formula is C16H25N. The molecule has 0 amide bonds. The monoisotopic (exact) mass is 231 g/mol. The van der Waals surface area contributed by atoms with E-state index in [2.05, 4.69) is 36.5 Å². The van der Waals surface area contributed by atoms with Crippen molar-refractivity contribution in [2.75, 3.05) is 6.54 Å². The third-order valence-electron chi connectivity index (χ3n) is 4.17. The highest BCUT2D eigenvalue weighted by Gasteiger charge is 2.35. The molecule has 1 aromatic rings. The van der Waals surface area contributed by atoms with Gasteiger partial charge in [-0.2, -0.15) is 0 Å². The van der Waals surface area contributed by atoms with Gasteiger partial charge in [-0.1, -0.05) is 43.7 Å². The molecule has 1 saturated carbocycles. The quantitative estimate of drug-likeness (QED) is 0.773. The summed E-state index contributed by atoms with van der Waals surface area (Å²) < 4.78 is 0. The molecule has 3 unspecified atom stereocenters. The van der Waals surface area contributed by atoms with Gasteiger partial charge in [-0.25, -0.2) is 0 Å². The Labute approximate surface area is 106 Å². The second-order valence-corrected chi connectivity index (χ2v) is 5.20. The molecule has 3 atom stereocenters. The average molecular weight is 231 g/mol. The normalized spacial score (nSPS) is 30.6. The van der Waals surface area contributed by atoms with Crippen LogP contribution in [-0.2, 0) is 0 Å². The third kappa shape index (κ3) is 2.71. The topological polar surface area (TPSA) is 12.0 Å². The highest BCUT2D eigenvalue weighted by molar-refractivity contribution is 5.26. The lowest BCUT2D eigenvalue weighted by atomic mass is 9.70. The standard InChI is InChI=1S/C14H19N.C2H6/c1-10-2-4-11(5-3-10)14-8-13-7-6-12(14)9-15-13;1-2/h2-5,12-15H,6-9H2,1H3;1-2H3. The van der Waals surface area contributed by atoms with E-state index in [-0.39, 0.29) is 0 Å². The van der Waals surface area contributed by atoms with Crippen LogP contribution in [0.15, 0.2) is 24.3 Å². The number of hydrogen-bond donors (Lipinski definition) is 1. The molecule has 2 heterocycles. The fraction of sp³-hybridized carbons (Fsp3) is 0.625. The summed E-state index contributed by atoms with van der Waals surface area (Å²) in [5.41, 5.74) is 2.94. The minimum atomic E-state index is 0.793. The second kappa shape index (κ2) is 5.68. The molecule has 2 aliphatic heterocycles. The van der Waals surface area contributed by atoms with Crippen molar-refractivity contribution in [3.05, 3.63) is 35.4 Å². The summed E-state index contributed by atoms with van der Waals surface area (Å²) in [5.74, 6) is 1.71. The van der Waals surface area contributed by atoms with Gasteiger partial charge >= 0.3 is 0 Å². The zero-order chi connectivity index (χ0) is 12.3. The molecule has 17 heavy (non-hydrogen) atoms. The van der Waals surface area contributed by atoms with Gasteiger partial charge in [-0.05, 0) is 50.1 Å². The van der Waals surface area contributed by atoms with E-state index in [1.807, 2.05) is 13.8 Å². The molecule has 3 aliphatic rings. The first kappa shape index (κ1) is 12.6. The maximum Gasteiger partial charge on any atom is 0.00732 e. The summed E-state index contributed by atoms with van der Waals surface area (Å²) in [4.78, 5) is 0. The van der Waals surface area contributed by atoms with Crippen molar-refractivity contribution in [1.82, 2.24) is 5.32 Å². The average Bonchev–Trinajstić information content (AvgIpc) is 2.43. The minimum Gasteiger partial charge on any atom is -0.314 e. The first-order chi connectivity index (χ1) is 8.33. The smallest absolute Gasteiger partial charge is 0.00732 e. The largest absolute Gasteiger partial charge is 0.314 e. The van der Waals surface area contributed by atoms with Crippen LogP contribution in [-0.4, -0.2) is 12.6 Å². The molecule has 0 aromatic heterocycles. The van der Waals surface area contributed by atoms with E-state index < -0.39 is 0 Å². The van der Waals surface area contributed by atoms with Crippen LogP contribution < -0.4 is 5.32 Å². The van der Waals surface area contributed by atoms with E-state index in [9.17, 15) is 0 Å². The molecule has 94 valence electrons. The van der Waals surface area contributed by atoms with E-state index >= 15 is 0 Å². The van der Waals surface area contributed by atoms with Crippen molar-refractivity contribution in [3.63, 3.8) is 0 Å². The van der Waals surface area contributed by atoms with Crippen molar-refractivity contribution in [1.29, 1.82) is 0 Å². The van der Waals surface area contributed by atoms with Gasteiger partial charge in [-0.3, -0.25) is 0 Å². The van der Waals surface area contributed by atoms with Crippen LogP contribution in [0.25, 0.3) is 0 Å². The van der Waals surface area contributed by atoms with Gasteiger partial charge in [0.2, 0.25) is 0 Å². The van der Waals surface area contributed by atoms with Crippen LogP contribution in [0.2, 0.25) is 0 Å². The summed E-state index contributed by atoms with van der Waals surface area (Å²) in [6, 6.07) is 9.97. The van der Waals surface area contributed by atoms with Crippen LogP contribution in [0, 0.1) is 12.8 Å². The summed E-state index contributed by atoms with van der Waals surface area (Å²) in [6.07, 6.45) is 4.18. The van der Waals surface area contributed by atoms with Gasteiger partial charge in [0.25, 0.3) is 0 Å². The van der Waals surface area contributed by atoms with E-state index in [1.165, 1.54) is 31.4 Å². The first-order valence-electron chi connectivity index (χ1n) is 7.13. The number of rotatable bonds is 1. The van der Waals surface area contributed by atoms with Gasteiger partial charge < -0.3 is 5.32 Å². The Kier molecular flexibility index (Phi) is 4.22. The summed E-state index contributed by atoms with van der Waals surface area (Å²) in [6.45, 7) is 7.40. The van der Waals surface area contributed by atoms with E-state index in [4.69, 9.17) is 0 Å². The predicted molar refractivity (Wildman–Crippen MR) is 74.4 cm³/mol. The highest BCUT2D eigenvalue weighted by atomic mass is 14.9. The Balaban J connectivity index is 0.000000514. The minimum absolute atomic E-state index is 0.793. The fourth-order valence-corrected chi connectivity index (χ4v) is 3.20. The molecule has 1 nitrogen and oxygen atoms in total. The first-order valence-corrected chi connectivity index (χ1v) is 7.13.